The van der Waals surface area contributed by atoms with Gasteiger partial charge in [0.2, 0.25) is 11.8 Å². The monoisotopic (exact) mass is 385 g/mol. The second-order valence-corrected chi connectivity index (χ2v) is 7.51. The third kappa shape index (κ3) is 5.55. The average molecular weight is 385 g/mol. The molecule has 2 rings (SSSR count). The zero-order valence-electron chi connectivity index (χ0n) is 14.4. The van der Waals surface area contributed by atoms with Gasteiger partial charge in [0, 0.05) is 16.5 Å². The summed E-state index contributed by atoms with van der Waals surface area (Å²) in [5.74, 6) is -0.699. The van der Waals surface area contributed by atoms with E-state index in [1.54, 1.807) is 26.2 Å². The van der Waals surface area contributed by atoms with Crippen molar-refractivity contribution in [1.29, 1.82) is 0 Å². The summed E-state index contributed by atoms with van der Waals surface area (Å²) >= 11 is 1.18. The Morgan fingerprint density at radius 1 is 1.15 bits per heavy atom. The zero-order valence-corrected chi connectivity index (χ0v) is 15.2. The van der Waals surface area contributed by atoms with Gasteiger partial charge in [0.25, 0.3) is 0 Å². The van der Waals surface area contributed by atoms with Crippen LogP contribution in [0.15, 0.2) is 29.6 Å². The Hall–Kier alpha value is -2.42. The van der Waals surface area contributed by atoms with E-state index in [0.29, 0.717) is 10.8 Å². The highest BCUT2D eigenvalue weighted by Crippen LogP contribution is 2.30. The maximum absolute atomic E-state index is 12.7. The van der Waals surface area contributed by atoms with Gasteiger partial charge in [-0.05, 0) is 18.2 Å². The number of hydrogen-bond acceptors (Lipinski definition) is 4. The summed E-state index contributed by atoms with van der Waals surface area (Å²) in [6.45, 7) is 5.29. The first-order valence-electron chi connectivity index (χ1n) is 7.68. The molecular weight excluding hydrogens is 367 g/mol. The molecule has 1 aromatic carbocycles. The molecule has 0 fully saturated rings. The van der Waals surface area contributed by atoms with E-state index in [0.717, 1.165) is 12.1 Å². The van der Waals surface area contributed by atoms with E-state index in [1.165, 1.54) is 23.5 Å². The molecular formula is C17H18F3N3O2S. The standard InChI is InChI=1S/C17H18F3N3O2S/c1-16(2,3)14(25)23-15-22-12(9-26-15)8-13(24)21-11-6-4-5-10(7-11)17(18,19)20/h4-7,9H,8H2,1-3H3,(H,21,24)(H,22,23,25). The molecule has 140 valence electrons. The third-order valence-electron chi connectivity index (χ3n) is 3.27. The Balaban J connectivity index is 1.98. The highest BCUT2D eigenvalue weighted by Gasteiger charge is 2.30. The number of aromatic nitrogens is 1. The number of hydrogen-bond donors (Lipinski definition) is 2. The molecule has 0 bridgehead atoms. The summed E-state index contributed by atoms with van der Waals surface area (Å²) in [5.41, 5.74) is -0.937. The van der Waals surface area contributed by atoms with Gasteiger partial charge in [-0.15, -0.1) is 11.3 Å². The van der Waals surface area contributed by atoms with Crippen LogP contribution < -0.4 is 10.6 Å². The van der Waals surface area contributed by atoms with E-state index in [2.05, 4.69) is 15.6 Å². The van der Waals surface area contributed by atoms with Crippen molar-refractivity contribution in [3.8, 4) is 0 Å². The molecule has 0 atom stereocenters. The van der Waals surface area contributed by atoms with Crippen molar-refractivity contribution in [2.75, 3.05) is 10.6 Å². The van der Waals surface area contributed by atoms with E-state index < -0.39 is 23.1 Å². The minimum Gasteiger partial charge on any atom is -0.326 e. The number of carbonyl (C=O) groups is 2. The van der Waals surface area contributed by atoms with E-state index in [9.17, 15) is 22.8 Å². The van der Waals surface area contributed by atoms with Gasteiger partial charge in [-0.3, -0.25) is 9.59 Å². The fourth-order valence-electron chi connectivity index (χ4n) is 1.87. The lowest BCUT2D eigenvalue weighted by atomic mass is 9.96. The van der Waals surface area contributed by atoms with Gasteiger partial charge in [0.1, 0.15) is 0 Å². The molecule has 0 spiro atoms. The number of anilines is 2. The van der Waals surface area contributed by atoms with Crippen molar-refractivity contribution < 1.29 is 22.8 Å². The lowest BCUT2D eigenvalue weighted by Gasteiger charge is -2.15. The van der Waals surface area contributed by atoms with Gasteiger partial charge in [-0.2, -0.15) is 13.2 Å². The topological polar surface area (TPSA) is 71.1 Å². The smallest absolute Gasteiger partial charge is 0.326 e. The lowest BCUT2D eigenvalue weighted by Crippen LogP contribution is -2.27. The third-order valence-corrected chi connectivity index (χ3v) is 4.08. The van der Waals surface area contributed by atoms with Gasteiger partial charge in [0.05, 0.1) is 17.7 Å². The van der Waals surface area contributed by atoms with Crippen molar-refractivity contribution >= 4 is 34.0 Å². The molecule has 0 saturated heterocycles. The zero-order chi connectivity index (χ0) is 19.5. The van der Waals surface area contributed by atoms with Gasteiger partial charge < -0.3 is 10.6 Å². The van der Waals surface area contributed by atoms with Crippen LogP contribution >= 0.6 is 11.3 Å². The highest BCUT2D eigenvalue weighted by molar-refractivity contribution is 7.13. The number of nitrogens with zero attached hydrogens (tertiary/aromatic N) is 1. The normalized spacial score (nSPS) is 11.9. The van der Waals surface area contributed by atoms with Crippen molar-refractivity contribution in [3.05, 3.63) is 40.9 Å². The van der Waals surface area contributed by atoms with E-state index in [1.807, 2.05) is 0 Å². The minimum atomic E-state index is -4.48. The van der Waals surface area contributed by atoms with Gasteiger partial charge in [-0.25, -0.2) is 4.98 Å². The second kappa shape index (κ2) is 7.45. The SMILES string of the molecule is CC(C)(C)C(=O)Nc1nc(CC(=O)Nc2cccc(C(F)(F)F)c2)cs1. The van der Waals surface area contributed by atoms with Crippen LogP contribution in [0.3, 0.4) is 0 Å². The van der Waals surface area contributed by atoms with E-state index >= 15 is 0 Å². The summed E-state index contributed by atoms with van der Waals surface area (Å²) < 4.78 is 38.1. The number of rotatable bonds is 4. The molecule has 2 N–H and O–H groups in total. The number of benzene rings is 1. The molecule has 2 aromatic rings. The van der Waals surface area contributed by atoms with Gasteiger partial charge >= 0.3 is 6.18 Å². The molecule has 0 aliphatic heterocycles. The predicted molar refractivity (Wildman–Crippen MR) is 94.0 cm³/mol. The first-order chi connectivity index (χ1) is 11.9. The Bertz CT molecular complexity index is 810. The molecule has 0 aliphatic rings. The Labute approximate surface area is 152 Å². The van der Waals surface area contributed by atoms with Gasteiger partial charge in [0.15, 0.2) is 5.13 Å². The maximum Gasteiger partial charge on any atom is 0.416 e. The van der Waals surface area contributed by atoms with Crippen LogP contribution in [0.1, 0.15) is 32.0 Å². The summed E-state index contributed by atoms with van der Waals surface area (Å²) in [4.78, 5) is 28.1. The van der Waals surface area contributed by atoms with E-state index in [-0.39, 0.29) is 18.0 Å². The predicted octanol–water partition coefficient (Wildman–Crippen LogP) is 4.33. The number of halogens is 3. The molecule has 0 aliphatic carbocycles. The Morgan fingerprint density at radius 2 is 1.85 bits per heavy atom. The van der Waals surface area contributed by atoms with Crippen molar-refractivity contribution in [3.63, 3.8) is 0 Å². The quantitative estimate of drug-likeness (QED) is 0.823. The summed E-state index contributed by atoms with van der Waals surface area (Å²) in [6, 6.07) is 4.40. The van der Waals surface area contributed by atoms with Crippen LogP contribution in [0.5, 0.6) is 0 Å². The fourth-order valence-corrected chi connectivity index (χ4v) is 2.58. The molecule has 1 heterocycles. The first-order valence-corrected chi connectivity index (χ1v) is 8.56. The summed E-state index contributed by atoms with van der Waals surface area (Å²) in [5, 5.41) is 7.06. The van der Waals surface area contributed by atoms with Crippen LogP contribution in [0, 0.1) is 5.41 Å². The molecule has 9 heteroatoms. The maximum atomic E-state index is 12.7. The molecule has 0 radical (unpaired) electrons. The van der Waals surface area contributed by atoms with Crippen molar-refractivity contribution in [2.45, 2.75) is 33.4 Å². The number of amides is 2. The molecule has 26 heavy (non-hydrogen) atoms. The largest absolute Gasteiger partial charge is 0.416 e. The molecule has 1 aromatic heterocycles. The average Bonchev–Trinajstić information content (AvgIpc) is 2.92. The Morgan fingerprint density at radius 3 is 2.46 bits per heavy atom. The van der Waals surface area contributed by atoms with Crippen LogP contribution in [0.4, 0.5) is 24.0 Å². The highest BCUT2D eigenvalue weighted by atomic mass is 32.1. The van der Waals surface area contributed by atoms with Gasteiger partial charge in [-0.1, -0.05) is 26.8 Å². The fraction of sp³-hybridized carbons (Fsp3) is 0.353. The summed E-state index contributed by atoms with van der Waals surface area (Å²) in [7, 11) is 0. The Kier molecular flexibility index (Phi) is 5.70. The second-order valence-electron chi connectivity index (χ2n) is 6.65. The van der Waals surface area contributed by atoms with Crippen molar-refractivity contribution in [1.82, 2.24) is 4.98 Å². The number of alkyl halides is 3. The van der Waals surface area contributed by atoms with Crippen LogP contribution in [0.25, 0.3) is 0 Å². The summed E-state index contributed by atoms with van der Waals surface area (Å²) in [6.07, 6.45) is -4.59. The minimum absolute atomic E-state index is 0.0568. The molecule has 0 saturated carbocycles. The van der Waals surface area contributed by atoms with Crippen LogP contribution in [-0.2, 0) is 22.2 Å². The molecule has 0 unspecified atom stereocenters. The molecule has 2 amide bonds. The van der Waals surface area contributed by atoms with Crippen LogP contribution in [-0.4, -0.2) is 16.8 Å². The molecule has 5 nitrogen and oxygen atoms in total. The van der Waals surface area contributed by atoms with E-state index in [4.69, 9.17) is 0 Å². The van der Waals surface area contributed by atoms with Crippen LogP contribution in [0.2, 0.25) is 0 Å². The lowest BCUT2D eigenvalue weighted by molar-refractivity contribution is -0.137. The first kappa shape index (κ1) is 19.9. The number of thiazole rings is 1. The number of carbonyl (C=O) groups excluding carboxylic acids is 2. The van der Waals surface area contributed by atoms with Crippen molar-refractivity contribution in [2.24, 2.45) is 5.41 Å². The number of nitrogens with one attached hydrogen (secondary N) is 2.